The Balaban J connectivity index is 2.77. The molecule has 102 valence electrons. The number of para-hydroxylation sites is 1. The molecule has 0 radical (unpaired) electrons. The van der Waals surface area contributed by atoms with Crippen molar-refractivity contribution in [1.82, 2.24) is 5.32 Å². The molecule has 3 nitrogen and oxygen atoms in total. The Bertz CT molecular complexity index is 339. The molecule has 0 saturated heterocycles. The smallest absolute Gasteiger partial charge is 0.124 e. The molecule has 0 aliphatic carbocycles. The van der Waals surface area contributed by atoms with Crippen molar-refractivity contribution in [3.63, 3.8) is 0 Å². The summed E-state index contributed by atoms with van der Waals surface area (Å²) >= 11 is 0. The Morgan fingerprint density at radius 3 is 2.56 bits per heavy atom. The van der Waals surface area contributed by atoms with Crippen molar-refractivity contribution >= 4 is 0 Å². The van der Waals surface area contributed by atoms with E-state index in [4.69, 9.17) is 9.47 Å². The van der Waals surface area contributed by atoms with E-state index in [0.29, 0.717) is 0 Å². The van der Waals surface area contributed by atoms with E-state index in [1.165, 1.54) is 5.56 Å². The fourth-order valence-electron chi connectivity index (χ4n) is 1.93. The van der Waals surface area contributed by atoms with Crippen LogP contribution in [0.25, 0.3) is 0 Å². The van der Waals surface area contributed by atoms with Crippen molar-refractivity contribution in [2.45, 2.75) is 39.3 Å². The van der Waals surface area contributed by atoms with E-state index in [1.54, 1.807) is 0 Å². The van der Waals surface area contributed by atoms with Crippen molar-refractivity contribution in [1.29, 1.82) is 0 Å². The van der Waals surface area contributed by atoms with Crippen LogP contribution in [0.2, 0.25) is 0 Å². The Morgan fingerprint density at radius 1 is 1.22 bits per heavy atom. The van der Waals surface area contributed by atoms with Crippen LogP contribution in [0.15, 0.2) is 24.3 Å². The summed E-state index contributed by atoms with van der Waals surface area (Å²) in [5.41, 5.74) is 1.20. The Labute approximate surface area is 110 Å². The molecule has 0 saturated carbocycles. The molecule has 0 amide bonds. The summed E-state index contributed by atoms with van der Waals surface area (Å²) in [5.74, 6) is 0.961. The monoisotopic (exact) mass is 251 g/mol. The van der Waals surface area contributed by atoms with E-state index in [2.05, 4.69) is 11.4 Å². The molecule has 3 heteroatoms. The zero-order chi connectivity index (χ0) is 13.4. The Kier molecular flexibility index (Phi) is 6.76. The molecule has 0 aliphatic rings. The van der Waals surface area contributed by atoms with Crippen LogP contribution in [-0.4, -0.2) is 26.4 Å². The van der Waals surface area contributed by atoms with Gasteiger partial charge in [-0.15, -0.1) is 0 Å². The second-order valence-corrected chi connectivity index (χ2v) is 4.53. The number of hydrogen-bond donors (Lipinski definition) is 1. The largest absolute Gasteiger partial charge is 0.491 e. The molecule has 0 spiro atoms. The standard InChI is InChI=1S/C15H25NO2/c1-5-17-11-10-14(16-4)13-8-6-7-9-15(13)18-12(2)3/h6-9,12,14,16H,5,10-11H2,1-4H3. The average Bonchev–Trinajstić information content (AvgIpc) is 2.35. The first-order chi connectivity index (χ1) is 8.69. The van der Waals surface area contributed by atoms with E-state index in [1.807, 2.05) is 46.0 Å². The Morgan fingerprint density at radius 2 is 1.94 bits per heavy atom. The van der Waals surface area contributed by atoms with Crippen LogP contribution in [0.3, 0.4) is 0 Å². The number of nitrogens with one attached hydrogen (secondary N) is 1. The van der Waals surface area contributed by atoms with Crippen LogP contribution in [0.5, 0.6) is 5.75 Å². The van der Waals surface area contributed by atoms with Crippen molar-refractivity contribution in [3.05, 3.63) is 29.8 Å². The lowest BCUT2D eigenvalue weighted by molar-refractivity contribution is 0.136. The van der Waals surface area contributed by atoms with E-state index >= 15 is 0 Å². The molecular weight excluding hydrogens is 226 g/mol. The fraction of sp³-hybridized carbons (Fsp3) is 0.600. The number of hydrogen-bond acceptors (Lipinski definition) is 3. The van der Waals surface area contributed by atoms with Crippen LogP contribution >= 0.6 is 0 Å². The van der Waals surface area contributed by atoms with Crippen molar-refractivity contribution < 1.29 is 9.47 Å². The first-order valence-electron chi connectivity index (χ1n) is 6.69. The van der Waals surface area contributed by atoms with Gasteiger partial charge < -0.3 is 14.8 Å². The van der Waals surface area contributed by atoms with Gasteiger partial charge in [0.2, 0.25) is 0 Å². The highest BCUT2D eigenvalue weighted by Gasteiger charge is 2.14. The molecule has 1 N–H and O–H groups in total. The number of rotatable bonds is 8. The molecule has 1 atom stereocenters. The highest BCUT2D eigenvalue weighted by atomic mass is 16.5. The van der Waals surface area contributed by atoms with Crippen LogP contribution in [0.1, 0.15) is 38.8 Å². The van der Waals surface area contributed by atoms with Crippen molar-refractivity contribution in [2.75, 3.05) is 20.3 Å². The summed E-state index contributed by atoms with van der Waals surface area (Å²) in [6.07, 6.45) is 1.14. The SMILES string of the molecule is CCOCCC(NC)c1ccccc1OC(C)C. The molecule has 1 rings (SSSR count). The normalized spacial score (nSPS) is 12.7. The summed E-state index contributed by atoms with van der Waals surface area (Å²) in [6.45, 7) is 7.64. The predicted octanol–water partition coefficient (Wildman–Crippen LogP) is 3.16. The van der Waals surface area contributed by atoms with Gasteiger partial charge in [0.15, 0.2) is 0 Å². The third-order valence-electron chi connectivity index (χ3n) is 2.76. The quantitative estimate of drug-likeness (QED) is 0.720. The molecule has 1 unspecified atom stereocenters. The van der Waals surface area contributed by atoms with Crippen LogP contribution < -0.4 is 10.1 Å². The lowest BCUT2D eigenvalue weighted by Crippen LogP contribution is -2.20. The molecular formula is C15H25NO2. The van der Waals surface area contributed by atoms with Gasteiger partial charge in [-0.3, -0.25) is 0 Å². The third-order valence-corrected chi connectivity index (χ3v) is 2.76. The minimum Gasteiger partial charge on any atom is -0.491 e. The molecule has 0 aliphatic heterocycles. The second-order valence-electron chi connectivity index (χ2n) is 4.53. The second kappa shape index (κ2) is 8.11. The average molecular weight is 251 g/mol. The molecule has 0 heterocycles. The topological polar surface area (TPSA) is 30.5 Å². The van der Waals surface area contributed by atoms with E-state index in [0.717, 1.165) is 25.4 Å². The first-order valence-corrected chi connectivity index (χ1v) is 6.69. The van der Waals surface area contributed by atoms with Gasteiger partial charge in [-0.1, -0.05) is 18.2 Å². The van der Waals surface area contributed by atoms with Crippen molar-refractivity contribution in [3.8, 4) is 5.75 Å². The highest BCUT2D eigenvalue weighted by Crippen LogP contribution is 2.27. The Hall–Kier alpha value is -1.06. The first kappa shape index (κ1) is 15.0. The number of ether oxygens (including phenoxy) is 2. The lowest BCUT2D eigenvalue weighted by atomic mass is 10.0. The maximum Gasteiger partial charge on any atom is 0.124 e. The van der Waals surface area contributed by atoms with Crippen LogP contribution in [0.4, 0.5) is 0 Å². The zero-order valence-electron chi connectivity index (χ0n) is 11.9. The van der Waals surface area contributed by atoms with Crippen LogP contribution in [0, 0.1) is 0 Å². The predicted molar refractivity (Wildman–Crippen MR) is 75.1 cm³/mol. The van der Waals surface area contributed by atoms with Gasteiger partial charge >= 0.3 is 0 Å². The summed E-state index contributed by atoms with van der Waals surface area (Å²) in [5, 5.41) is 3.33. The number of benzene rings is 1. The summed E-state index contributed by atoms with van der Waals surface area (Å²) in [6, 6.07) is 8.47. The van der Waals surface area contributed by atoms with E-state index in [-0.39, 0.29) is 12.1 Å². The molecule has 0 aromatic heterocycles. The van der Waals surface area contributed by atoms with Gasteiger partial charge in [0.1, 0.15) is 5.75 Å². The molecule has 0 fully saturated rings. The van der Waals surface area contributed by atoms with E-state index in [9.17, 15) is 0 Å². The molecule has 18 heavy (non-hydrogen) atoms. The van der Waals surface area contributed by atoms with Gasteiger partial charge in [-0.2, -0.15) is 0 Å². The van der Waals surface area contributed by atoms with Gasteiger partial charge in [0.25, 0.3) is 0 Å². The molecule has 1 aromatic rings. The molecule has 0 bridgehead atoms. The maximum atomic E-state index is 5.85. The van der Waals surface area contributed by atoms with Gasteiger partial charge in [-0.05, 0) is 40.3 Å². The fourth-order valence-corrected chi connectivity index (χ4v) is 1.93. The minimum atomic E-state index is 0.190. The van der Waals surface area contributed by atoms with Gasteiger partial charge in [0, 0.05) is 24.8 Å². The minimum absolute atomic E-state index is 0.190. The summed E-state index contributed by atoms with van der Waals surface area (Å²) in [7, 11) is 1.97. The third kappa shape index (κ3) is 4.67. The summed E-state index contributed by atoms with van der Waals surface area (Å²) in [4.78, 5) is 0. The van der Waals surface area contributed by atoms with Gasteiger partial charge in [-0.25, -0.2) is 0 Å². The lowest BCUT2D eigenvalue weighted by Gasteiger charge is -2.21. The van der Waals surface area contributed by atoms with E-state index < -0.39 is 0 Å². The summed E-state index contributed by atoms with van der Waals surface area (Å²) < 4.78 is 11.3. The highest BCUT2D eigenvalue weighted by molar-refractivity contribution is 5.36. The zero-order valence-corrected chi connectivity index (χ0v) is 11.9. The van der Waals surface area contributed by atoms with Gasteiger partial charge in [0.05, 0.1) is 6.10 Å². The van der Waals surface area contributed by atoms with Crippen molar-refractivity contribution in [2.24, 2.45) is 0 Å². The maximum absolute atomic E-state index is 5.85. The molecule has 1 aromatic carbocycles. The van der Waals surface area contributed by atoms with Crippen LogP contribution in [-0.2, 0) is 4.74 Å².